The van der Waals surface area contributed by atoms with Gasteiger partial charge >= 0.3 is 0 Å². The zero-order valence-electron chi connectivity index (χ0n) is 21.3. The molecule has 38 heavy (non-hydrogen) atoms. The van der Waals surface area contributed by atoms with Crippen LogP contribution in [-0.2, 0) is 5.41 Å². The lowest BCUT2D eigenvalue weighted by atomic mass is 9.69. The summed E-state index contributed by atoms with van der Waals surface area (Å²) in [5, 5.41) is 0. The summed E-state index contributed by atoms with van der Waals surface area (Å²) in [4.78, 5) is 5.16. The number of aryl methyl sites for hydroxylation is 1. The molecule has 1 heteroatoms. The van der Waals surface area contributed by atoms with Crippen molar-refractivity contribution in [1.82, 2.24) is 4.98 Å². The minimum atomic E-state index is -0.485. The average molecular weight is 486 g/mol. The number of nitrogens with zero attached hydrogens (tertiary/aromatic N) is 1. The van der Waals surface area contributed by atoms with Gasteiger partial charge in [0.1, 0.15) is 0 Å². The molecule has 0 saturated carbocycles. The second-order valence-corrected chi connectivity index (χ2v) is 10.0. The number of hydrogen-bond donors (Lipinski definition) is 0. The molecule has 0 saturated heterocycles. The van der Waals surface area contributed by atoms with Gasteiger partial charge in [-0.1, -0.05) is 133 Å². The molecule has 0 aliphatic heterocycles. The fraction of sp³-hybridized carbons (Fsp3) is 0.0541. The molecule has 0 N–H and O–H groups in total. The Morgan fingerprint density at radius 1 is 0.474 bits per heavy atom. The predicted octanol–water partition coefficient (Wildman–Crippen LogP) is 9.09. The summed E-state index contributed by atoms with van der Waals surface area (Å²) in [7, 11) is 0. The molecule has 1 nitrogen and oxygen atoms in total. The first kappa shape index (κ1) is 22.4. The van der Waals surface area contributed by atoms with Crippen molar-refractivity contribution in [3.63, 3.8) is 0 Å². The minimum absolute atomic E-state index is 0.485. The Balaban J connectivity index is 1.46. The van der Waals surface area contributed by atoms with E-state index in [1.165, 1.54) is 55.6 Å². The summed E-state index contributed by atoms with van der Waals surface area (Å²) in [5.41, 5.74) is 13.0. The SMILES string of the molecule is Cc1cnc(C2(c3ccccc3)c3ccccc3-c3ccccc32)cc1-c1ccc(-c2ccccc2)cc1. The maximum atomic E-state index is 5.16. The van der Waals surface area contributed by atoms with Crippen LogP contribution in [0, 0.1) is 6.92 Å². The Kier molecular flexibility index (Phi) is 5.30. The van der Waals surface area contributed by atoms with Gasteiger partial charge in [-0.2, -0.15) is 0 Å². The zero-order valence-corrected chi connectivity index (χ0v) is 21.3. The van der Waals surface area contributed by atoms with E-state index < -0.39 is 5.41 Å². The standard InChI is InChI=1S/C37H27N/c1-26-25-38-36(24-33(26)29-22-20-28(21-23-29)27-12-4-2-5-13-27)37(30-14-6-3-7-15-30)34-18-10-8-16-31(34)32-17-9-11-19-35(32)37/h2-25H,1H3. The molecule has 1 aliphatic carbocycles. The van der Waals surface area contributed by atoms with E-state index in [0.717, 1.165) is 5.69 Å². The average Bonchev–Trinajstić information content (AvgIpc) is 3.30. The van der Waals surface area contributed by atoms with Gasteiger partial charge in [0.05, 0.1) is 11.1 Å². The van der Waals surface area contributed by atoms with Crippen molar-refractivity contribution in [2.75, 3.05) is 0 Å². The van der Waals surface area contributed by atoms with Gasteiger partial charge in [-0.15, -0.1) is 0 Å². The Morgan fingerprint density at radius 2 is 0.974 bits per heavy atom. The van der Waals surface area contributed by atoms with E-state index in [2.05, 4.69) is 146 Å². The summed E-state index contributed by atoms with van der Waals surface area (Å²) in [6.45, 7) is 2.16. The molecule has 0 atom stereocenters. The third kappa shape index (κ3) is 3.36. The molecule has 0 fully saturated rings. The molecule has 1 aromatic heterocycles. The van der Waals surface area contributed by atoms with Crippen molar-refractivity contribution in [2.24, 2.45) is 0 Å². The highest BCUT2D eigenvalue weighted by Gasteiger charge is 2.47. The quantitative estimate of drug-likeness (QED) is 0.242. The van der Waals surface area contributed by atoms with Gasteiger partial charge in [-0.05, 0) is 68.6 Å². The van der Waals surface area contributed by atoms with Crippen LogP contribution in [0.25, 0.3) is 33.4 Å². The highest BCUT2D eigenvalue weighted by atomic mass is 14.7. The smallest absolute Gasteiger partial charge is 0.0886 e. The van der Waals surface area contributed by atoms with Gasteiger partial charge in [0.2, 0.25) is 0 Å². The van der Waals surface area contributed by atoms with Gasteiger partial charge in [0, 0.05) is 6.20 Å². The van der Waals surface area contributed by atoms with Crippen LogP contribution < -0.4 is 0 Å². The summed E-state index contributed by atoms with van der Waals surface area (Å²) < 4.78 is 0. The van der Waals surface area contributed by atoms with Gasteiger partial charge in [-0.3, -0.25) is 4.98 Å². The van der Waals surface area contributed by atoms with E-state index in [0.29, 0.717) is 0 Å². The Hall–Kier alpha value is -4.75. The first-order valence-corrected chi connectivity index (χ1v) is 13.1. The summed E-state index contributed by atoms with van der Waals surface area (Å²) in [6, 6.07) is 50.3. The van der Waals surface area contributed by atoms with Gasteiger partial charge < -0.3 is 0 Å². The summed E-state index contributed by atoms with van der Waals surface area (Å²) in [5.74, 6) is 0. The van der Waals surface area contributed by atoms with Gasteiger partial charge in [0.15, 0.2) is 0 Å². The van der Waals surface area contributed by atoms with E-state index in [4.69, 9.17) is 4.98 Å². The number of fused-ring (bicyclic) bond motifs is 3. The fourth-order valence-corrected chi connectivity index (χ4v) is 6.17. The number of rotatable bonds is 4. The predicted molar refractivity (Wildman–Crippen MR) is 157 cm³/mol. The molecule has 0 bridgehead atoms. The normalized spacial score (nSPS) is 13.1. The molecule has 1 heterocycles. The lowest BCUT2D eigenvalue weighted by molar-refractivity contribution is 0.734. The van der Waals surface area contributed by atoms with Crippen LogP contribution in [0.5, 0.6) is 0 Å². The van der Waals surface area contributed by atoms with Crippen LogP contribution in [-0.4, -0.2) is 4.98 Å². The zero-order chi connectivity index (χ0) is 25.5. The molecule has 5 aromatic carbocycles. The Bertz CT molecular complexity index is 1700. The minimum Gasteiger partial charge on any atom is -0.259 e. The molecule has 0 amide bonds. The van der Waals surface area contributed by atoms with Crippen molar-refractivity contribution in [1.29, 1.82) is 0 Å². The monoisotopic (exact) mass is 485 g/mol. The Morgan fingerprint density at radius 3 is 1.61 bits per heavy atom. The van der Waals surface area contributed by atoms with Crippen molar-refractivity contribution < 1.29 is 0 Å². The number of benzene rings is 5. The summed E-state index contributed by atoms with van der Waals surface area (Å²) >= 11 is 0. The highest BCUT2D eigenvalue weighted by Crippen LogP contribution is 2.55. The van der Waals surface area contributed by atoms with Crippen molar-refractivity contribution in [3.05, 3.63) is 174 Å². The number of pyridine rings is 1. The molecular weight excluding hydrogens is 458 g/mol. The molecule has 1 aliphatic rings. The van der Waals surface area contributed by atoms with E-state index in [1.807, 2.05) is 6.20 Å². The van der Waals surface area contributed by atoms with Crippen LogP contribution in [0.15, 0.2) is 146 Å². The van der Waals surface area contributed by atoms with Gasteiger partial charge in [0.25, 0.3) is 0 Å². The van der Waals surface area contributed by atoms with Crippen molar-refractivity contribution in [3.8, 4) is 33.4 Å². The molecule has 7 rings (SSSR count). The van der Waals surface area contributed by atoms with Crippen molar-refractivity contribution >= 4 is 0 Å². The van der Waals surface area contributed by atoms with Crippen LogP contribution in [0.1, 0.15) is 27.9 Å². The highest BCUT2D eigenvalue weighted by molar-refractivity contribution is 5.86. The number of aromatic nitrogens is 1. The third-order valence-corrected chi connectivity index (χ3v) is 7.95. The van der Waals surface area contributed by atoms with Crippen LogP contribution in [0.2, 0.25) is 0 Å². The topological polar surface area (TPSA) is 12.9 Å². The lowest BCUT2D eigenvalue weighted by Gasteiger charge is -2.33. The second kappa shape index (κ2) is 8.97. The van der Waals surface area contributed by atoms with E-state index in [1.54, 1.807) is 0 Å². The van der Waals surface area contributed by atoms with Crippen molar-refractivity contribution in [2.45, 2.75) is 12.3 Å². The molecule has 180 valence electrons. The molecule has 0 spiro atoms. The first-order valence-electron chi connectivity index (χ1n) is 13.1. The molecular formula is C37H27N. The third-order valence-electron chi connectivity index (χ3n) is 7.95. The van der Waals surface area contributed by atoms with Crippen LogP contribution in [0.4, 0.5) is 0 Å². The van der Waals surface area contributed by atoms with E-state index in [-0.39, 0.29) is 0 Å². The van der Waals surface area contributed by atoms with Gasteiger partial charge in [-0.25, -0.2) is 0 Å². The van der Waals surface area contributed by atoms with Crippen LogP contribution in [0.3, 0.4) is 0 Å². The largest absolute Gasteiger partial charge is 0.259 e. The molecule has 6 aromatic rings. The molecule has 0 unspecified atom stereocenters. The van der Waals surface area contributed by atoms with E-state index in [9.17, 15) is 0 Å². The maximum absolute atomic E-state index is 5.16. The Labute approximate surface area is 224 Å². The van der Waals surface area contributed by atoms with Crippen LogP contribution >= 0.6 is 0 Å². The number of hydrogen-bond acceptors (Lipinski definition) is 1. The molecule has 0 radical (unpaired) electrons. The van der Waals surface area contributed by atoms with E-state index >= 15 is 0 Å². The second-order valence-electron chi connectivity index (χ2n) is 10.0. The fourth-order valence-electron chi connectivity index (χ4n) is 6.17. The first-order chi connectivity index (χ1) is 18.8. The summed E-state index contributed by atoms with van der Waals surface area (Å²) in [6.07, 6.45) is 2.05. The maximum Gasteiger partial charge on any atom is 0.0886 e. The lowest BCUT2D eigenvalue weighted by Crippen LogP contribution is -2.29.